The average molecular weight is 432 g/mol. The smallest absolute Gasteiger partial charge is 0.321 e. The highest BCUT2D eigenvalue weighted by Crippen LogP contribution is 2.12. The molecule has 30 heavy (non-hydrogen) atoms. The number of rotatable bonds is 10. The van der Waals surface area contributed by atoms with E-state index in [0.29, 0.717) is 17.9 Å². The van der Waals surface area contributed by atoms with Crippen LogP contribution in [0.2, 0.25) is 0 Å². The molecule has 0 unspecified atom stereocenters. The first kappa shape index (κ1) is 23.1. The summed E-state index contributed by atoms with van der Waals surface area (Å²) in [7, 11) is -0.664. The van der Waals surface area contributed by atoms with Crippen molar-refractivity contribution < 1.29 is 27.5 Å². The molecule has 2 aromatic rings. The summed E-state index contributed by atoms with van der Waals surface area (Å²) in [6.45, 7) is -0.721. The number of benzene rings is 2. The number of likely N-dealkylation sites (N-methyl/N-ethyl adjacent to an activating group) is 1. The molecule has 9 heteroatoms. The van der Waals surface area contributed by atoms with Crippen LogP contribution < -0.4 is 9.46 Å². The molecule has 0 aliphatic carbocycles. The number of ether oxygens (including phenoxy) is 2. The van der Waals surface area contributed by atoms with Crippen LogP contribution in [-0.2, 0) is 30.9 Å². The van der Waals surface area contributed by atoms with Crippen molar-refractivity contribution in [3.63, 3.8) is 0 Å². The lowest BCUT2D eigenvalue weighted by molar-refractivity contribution is -0.150. The second-order valence-corrected chi connectivity index (χ2v) is 7.99. The number of sulfonamides is 1. The number of nitrogens with zero attached hydrogens (tertiary/aromatic N) is 1. The Labute approximate surface area is 176 Å². The number of hydrogen-bond acceptors (Lipinski definition) is 6. The Morgan fingerprint density at radius 2 is 1.73 bits per heavy atom. The molecular formula is C21H24N2O6S. The monoisotopic (exact) mass is 432 g/mol. The number of carbonyl (C=O) groups excluding carboxylic acids is 2. The van der Waals surface area contributed by atoms with E-state index in [-0.39, 0.29) is 0 Å². The summed E-state index contributed by atoms with van der Waals surface area (Å²) in [5.41, 5.74) is 1.59. The van der Waals surface area contributed by atoms with Gasteiger partial charge in [-0.25, -0.2) is 13.1 Å². The maximum atomic E-state index is 12.1. The van der Waals surface area contributed by atoms with E-state index in [4.69, 9.17) is 9.47 Å². The maximum Gasteiger partial charge on any atom is 0.321 e. The van der Waals surface area contributed by atoms with Gasteiger partial charge in [0.05, 0.1) is 7.11 Å². The van der Waals surface area contributed by atoms with Gasteiger partial charge in [0.15, 0.2) is 6.61 Å². The standard InChI is InChI=1S/C21H24N2O6S/c1-23(15-18-8-10-19(28-2)11-9-18)20(24)16-29-21(25)14-22-30(26,27)13-12-17-6-4-3-5-7-17/h3-13,22H,14-16H2,1-2H3/b13-12+. The van der Waals surface area contributed by atoms with Gasteiger partial charge >= 0.3 is 5.97 Å². The Morgan fingerprint density at radius 1 is 1.07 bits per heavy atom. The molecule has 0 saturated heterocycles. The van der Waals surface area contributed by atoms with Crippen LogP contribution >= 0.6 is 0 Å². The second kappa shape index (κ2) is 11.1. The fourth-order valence-corrected chi connectivity index (χ4v) is 3.09. The average Bonchev–Trinajstić information content (AvgIpc) is 2.76. The van der Waals surface area contributed by atoms with E-state index in [0.717, 1.165) is 11.0 Å². The normalized spacial score (nSPS) is 11.3. The first-order valence-corrected chi connectivity index (χ1v) is 10.6. The van der Waals surface area contributed by atoms with Crippen LogP contribution in [0.3, 0.4) is 0 Å². The molecule has 2 aromatic carbocycles. The van der Waals surface area contributed by atoms with Gasteiger partial charge in [0.1, 0.15) is 12.3 Å². The van der Waals surface area contributed by atoms with E-state index in [9.17, 15) is 18.0 Å². The summed E-state index contributed by atoms with van der Waals surface area (Å²) < 4.78 is 35.9. The molecule has 1 N–H and O–H groups in total. The van der Waals surface area contributed by atoms with Crippen molar-refractivity contribution in [2.45, 2.75) is 6.54 Å². The summed E-state index contributed by atoms with van der Waals surface area (Å²) in [5, 5.41) is 0.962. The summed E-state index contributed by atoms with van der Waals surface area (Å²) in [6, 6.07) is 16.1. The molecule has 0 bridgehead atoms. The summed E-state index contributed by atoms with van der Waals surface area (Å²) in [6.07, 6.45) is 1.41. The highest BCUT2D eigenvalue weighted by atomic mass is 32.2. The largest absolute Gasteiger partial charge is 0.497 e. The SMILES string of the molecule is COc1ccc(CN(C)C(=O)COC(=O)CNS(=O)(=O)/C=C/c2ccccc2)cc1. The first-order chi connectivity index (χ1) is 14.3. The molecule has 0 aliphatic rings. The van der Waals surface area contributed by atoms with Gasteiger partial charge in [-0.1, -0.05) is 42.5 Å². The molecule has 8 nitrogen and oxygen atoms in total. The summed E-state index contributed by atoms with van der Waals surface area (Å²) >= 11 is 0. The Morgan fingerprint density at radius 3 is 2.37 bits per heavy atom. The van der Waals surface area contributed by atoms with Crippen molar-refractivity contribution in [2.24, 2.45) is 0 Å². The van der Waals surface area contributed by atoms with Crippen molar-refractivity contribution in [3.8, 4) is 5.75 Å². The predicted octanol–water partition coefficient (Wildman–Crippen LogP) is 1.79. The van der Waals surface area contributed by atoms with Gasteiger partial charge in [0, 0.05) is 19.0 Å². The zero-order valence-electron chi connectivity index (χ0n) is 16.8. The third kappa shape index (κ3) is 8.06. The van der Waals surface area contributed by atoms with E-state index >= 15 is 0 Å². The van der Waals surface area contributed by atoms with E-state index in [1.54, 1.807) is 50.6 Å². The van der Waals surface area contributed by atoms with E-state index in [2.05, 4.69) is 4.72 Å². The third-order valence-corrected chi connectivity index (χ3v) is 5.06. The van der Waals surface area contributed by atoms with Crippen molar-refractivity contribution >= 4 is 28.0 Å². The Balaban J connectivity index is 1.74. The lowest BCUT2D eigenvalue weighted by Gasteiger charge is -2.17. The molecule has 1 amide bonds. The Bertz CT molecular complexity index is 972. The van der Waals surface area contributed by atoms with Crippen LogP contribution in [0.1, 0.15) is 11.1 Å². The highest BCUT2D eigenvalue weighted by molar-refractivity contribution is 7.92. The van der Waals surface area contributed by atoms with E-state index in [1.807, 2.05) is 18.2 Å². The van der Waals surface area contributed by atoms with Gasteiger partial charge in [0.25, 0.3) is 5.91 Å². The highest BCUT2D eigenvalue weighted by Gasteiger charge is 2.14. The topological polar surface area (TPSA) is 102 Å². The Kier molecular flexibility index (Phi) is 8.57. The zero-order chi connectivity index (χ0) is 22.0. The molecular weight excluding hydrogens is 408 g/mol. The fourth-order valence-electron chi connectivity index (χ4n) is 2.34. The van der Waals surface area contributed by atoms with Gasteiger partial charge in [-0.15, -0.1) is 0 Å². The molecule has 0 aromatic heterocycles. The molecule has 2 rings (SSSR count). The molecule has 0 fully saturated rings. The minimum absolute atomic E-state index is 0.331. The van der Waals surface area contributed by atoms with Crippen molar-refractivity contribution in [2.75, 3.05) is 27.3 Å². The number of hydrogen-bond donors (Lipinski definition) is 1. The number of esters is 1. The molecule has 0 heterocycles. The van der Waals surface area contributed by atoms with Crippen LogP contribution in [0.4, 0.5) is 0 Å². The fraction of sp³-hybridized carbons (Fsp3) is 0.238. The van der Waals surface area contributed by atoms with Gasteiger partial charge in [-0.3, -0.25) is 9.59 Å². The number of nitrogens with one attached hydrogen (secondary N) is 1. The van der Waals surface area contributed by atoms with Gasteiger partial charge in [-0.05, 0) is 29.3 Å². The van der Waals surface area contributed by atoms with Crippen molar-refractivity contribution in [1.29, 1.82) is 0 Å². The molecule has 0 saturated carbocycles. The molecule has 160 valence electrons. The molecule has 0 spiro atoms. The Hall–Kier alpha value is -3.17. The molecule has 0 radical (unpaired) electrons. The van der Waals surface area contributed by atoms with E-state index in [1.165, 1.54) is 11.0 Å². The quantitative estimate of drug-likeness (QED) is 0.575. The van der Waals surface area contributed by atoms with Crippen LogP contribution in [0, 0.1) is 0 Å². The van der Waals surface area contributed by atoms with Crippen LogP contribution in [0.5, 0.6) is 5.75 Å². The van der Waals surface area contributed by atoms with Gasteiger partial charge < -0.3 is 14.4 Å². The van der Waals surface area contributed by atoms with E-state index < -0.39 is 35.1 Å². The van der Waals surface area contributed by atoms with Crippen molar-refractivity contribution in [1.82, 2.24) is 9.62 Å². The number of carbonyl (C=O) groups is 2. The lowest BCUT2D eigenvalue weighted by atomic mass is 10.2. The number of methoxy groups -OCH3 is 1. The minimum atomic E-state index is -3.81. The minimum Gasteiger partial charge on any atom is -0.497 e. The third-order valence-electron chi connectivity index (χ3n) is 4.02. The zero-order valence-corrected chi connectivity index (χ0v) is 17.6. The number of amides is 1. The van der Waals surface area contributed by atoms with Crippen LogP contribution in [0.25, 0.3) is 6.08 Å². The first-order valence-electron chi connectivity index (χ1n) is 9.04. The summed E-state index contributed by atoms with van der Waals surface area (Å²) in [4.78, 5) is 25.3. The van der Waals surface area contributed by atoms with Crippen LogP contribution in [0.15, 0.2) is 60.0 Å². The summed E-state index contributed by atoms with van der Waals surface area (Å²) in [5.74, 6) is -0.549. The molecule has 0 atom stereocenters. The van der Waals surface area contributed by atoms with Crippen molar-refractivity contribution in [3.05, 3.63) is 71.1 Å². The molecule has 0 aliphatic heterocycles. The maximum absolute atomic E-state index is 12.1. The predicted molar refractivity (Wildman–Crippen MR) is 113 cm³/mol. The van der Waals surface area contributed by atoms with Crippen LogP contribution in [-0.4, -0.2) is 52.5 Å². The van der Waals surface area contributed by atoms with Gasteiger partial charge in [-0.2, -0.15) is 0 Å². The lowest BCUT2D eigenvalue weighted by Crippen LogP contribution is -2.34. The van der Waals surface area contributed by atoms with Gasteiger partial charge in [0.2, 0.25) is 10.0 Å². The second-order valence-electron chi connectivity index (χ2n) is 6.34.